The van der Waals surface area contributed by atoms with E-state index in [0.717, 1.165) is 11.3 Å². The molecule has 1 aromatic carbocycles. The fraction of sp³-hybridized carbons (Fsp3) is 0.528. The van der Waals surface area contributed by atoms with E-state index in [1.807, 2.05) is 20.8 Å². The number of hydrogen-bond acceptors (Lipinski definition) is 9. The van der Waals surface area contributed by atoms with E-state index >= 15 is 0 Å². The van der Waals surface area contributed by atoms with E-state index in [4.69, 9.17) is 16.2 Å². The molecule has 0 spiro atoms. The Hall–Kier alpha value is -5.05. The molecule has 15 nitrogen and oxygen atoms in total. The van der Waals surface area contributed by atoms with Crippen LogP contribution in [0.1, 0.15) is 80.4 Å². The second kappa shape index (κ2) is 20.6. The summed E-state index contributed by atoms with van der Waals surface area (Å²) in [5, 5.41) is 18.0. The van der Waals surface area contributed by atoms with Gasteiger partial charge in [0.25, 0.3) is 0 Å². The number of nitrogens with zero attached hydrogens (tertiary/aromatic N) is 2. The zero-order chi connectivity index (χ0) is 37.3. The van der Waals surface area contributed by atoms with Gasteiger partial charge in [-0.25, -0.2) is 5.48 Å². The molecule has 278 valence electrons. The lowest BCUT2D eigenvalue weighted by molar-refractivity contribution is -0.142. The molecule has 15 heteroatoms. The highest BCUT2D eigenvalue weighted by atomic mass is 16.5. The number of fused-ring (bicyclic) bond motifs is 11. The largest absolute Gasteiger partial charge is 0.494 e. The molecule has 1 aromatic heterocycles. The van der Waals surface area contributed by atoms with E-state index < -0.39 is 47.5 Å². The summed E-state index contributed by atoms with van der Waals surface area (Å²) in [5.41, 5.74) is 14.6. The van der Waals surface area contributed by atoms with Gasteiger partial charge in [0.2, 0.25) is 23.6 Å². The Morgan fingerprint density at radius 2 is 1.82 bits per heavy atom. The number of nitrogens with two attached hydrogens (primary N) is 2. The summed E-state index contributed by atoms with van der Waals surface area (Å²) in [7, 11) is 0. The number of amides is 4. The number of Topliss-reactive ketones (excluding diaryl/α,β-unsaturated/α-hetero) is 1. The summed E-state index contributed by atoms with van der Waals surface area (Å²) in [4.78, 5) is 74.8. The summed E-state index contributed by atoms with van der Waals surface area (Å²) in [5.74, 6) is -3.59. The van der Waals surface area contributed by atoms with Gasteiger partial charge in [0.05, 0.1) is 12.5 Å². The van der Waals surface area contributed by atoms with E-state index in [0.29, 0.717) is 43.6 Å². The van der Waals surface area contributed by atoms with E-state index in [2.05, 4.69) is 25.9 Å². The van der Waals surface area contributed by atoms with E-state index in [9.17, 15) is 29.2 Å². The van der Waals surface area contributed by atoms with Crippen LogP contribution in [-0.2, 0) is 25.6 Å². The maximum atomic E-state index is 14.0. The van der Waals surface area contributed by atoms with E-state index in [1.165, 1.54) is 6.20 Å². The van der Waals surface area contributed by atoms with Crippen molar-refractivity contribution in [1.29, 1.82) is 0 Å². The number of ether oxygens (including phenoxy) is 1. The number of rotatable bonds is 15. The predicted molar refractivity (Wildman–Crippen MR) is 191 cm³/mol. The maximum Gasteiger partial charge on any atom is 0.247 e. The van der Waals surface area contributed by atoms with Crippen LogP contribution in [0.3, 0.4) is 0 Å². The number of guanidine groups is 1. The van der Waals surface area contributed by atoms with Gasteiger partial charge in [0, 0.05) is 49.3 Å². The number of aromatic nitrogens is 1. The smallest absolute Gasteiger partial charge is 0.247 e. The van der Waals surface area contributed by atoms with Gasteiger partial charge >= 0.3 is 0 Å². The molecule has 4 rings (SSSR count). The van der Waals surface area contributed by atoms with E-state index in [-0.39, 0.29) is 56.4 Å². The highest BCUT2D eigenvalue weighted by Crippen LogP contribution is 2.27. The molecule has 0 saturated carbocycles. The maximum absolute atomic E-state index is 14.0. The summed E-state index contributed by atoms with van der Waals surface area (Å²) in [6.07, 6.45) is 3.75. The highest BCUT2D eigenvalue weighted by molar-refractivity contribution is 5.96. The van der Waals surface area contributed by atoms with Crippen LogP contribution >= 0.6 is 0 Å². The van der Waals surface area contributed by atoms with Crippen molar-refractivity contribution in [2.45, 2.75) is 84.2 Å². The average Bonchev–Trinajstić information content (AvgIpc) is 3.10. The number of hydroxylamine groups is 1. The number of ketones is 1. The highest BCUT2D eigenvalue weighted by Gasteiger charge is 2.36. The van der Waals surface area contributed by atoms with Gasteiger partial charge in [-0.15, -0.1) is 0 Å². The van der Waals surface area contributed by atoms with Crippen molar-refractivity contribution in [1.82, 2.24) is 26.4 Å². The standard InChI is InChI=1S/C36H52N8O7/c1-22(2)19-28-27(33(47)44-50)7-6-18-51-26-14-11-24(12-15-26)20-30(43-32(28)46)35(49)42-29(8-4-17-40-36(37)38)34(48)39-16-5-9-31(45)25-13-10-23(3)41-21-25/h10-15,21-22,27-30,50H,4-9,16-20H2,1-3H3,(H,39,48)(H,42,49)(H,43,46)(H,44,47)(H4,37,38,40)/t27-,28+,29-,30-/m0/s1. The van der Waals surface area contributed by atoms with Crippen molar-refractivity contribution in [3.8, 4) is 5.75 Å². The number of benzene rings is 1. The van der Waals surface area contributed by atoms with Crippen molar-refractivity contribution in [2.24, 2.45) is 34.2 Å². The van der Waals surface area contributed by atoms with Crippen LogP contribution in [0, 0.1) is 24.7 Å². The zero-order valence-corrected chi connectivity index (χ0v) is 29.7. The lowest BCUT2D eigenvalue weighted by atomic mass is 9.81. The molecule has 2 aromatic rings. The first-order chi connectivity index (χ1) is 24.4. The molecule has 51 heavy (non-hydrogen) atoms. The Morgan fingerprint density at radius 3 is 2.47 bits per heavy atom. The van der Waals surface area contributed by atoms with Crippen molar-refractivity contribution >= 4 is 35.4 Å². The van der Waals surface area contributed by atoms with Gasteiger partial charge in [-0.05, 0) is 81.2 Å². The van der Waals surface area contributed by atoms with Crippen LogP contribution in [-0.4, -0.2) is 77.3 Å². The molecule has 0 saturated heterocycles. The second-order valence-corrected chi connectivity index (χ2v) is 13.2. The number of nitrogens with one attached hydrogen (secondary N) is 4. The first-order valence-corrected chi connectivity index (χ1v) is 17.4. The van der Waals surface area contributed by atoms with Crippen LogP contribution in [0.4, 0.5) is 0 Å². The van der Waals surface area contributed by atoms with E-state index in [1.54, 1.807) is 41.9 Å². The molecular weight excluding hydrogens is 656 g/mol. The van der Waals surface area contributed by atoms with Crippen molar-refractivity contribution in [2.75, 3.05) is 19.7 Å². The summed E-state index contributed by atoms with van der Waals surface area (Å²) in [6.45, 7) is 6.38. The molecule has 0 fully saturated rings. The Morgan fingerprint density at radius 1 is 1.08 bits per heavy atom. The predicted octanol–water partition coefficient (Wildman–Crippen LogP) is 1.69. The Kier molecular flexibility index (Phi) is 16.3. The van der Waals surface area contributed by atoms with Gasteiger partial charge < -0.3 is 32.2 Å². The van der Waals surface area contributed by atoms with Crippen LogP contribution in [0.25, 0.3) is 0 Å². The zero-order valence-electron chi connectivity index (χ0n) is 29.7. The fourth-order valence-electron chi connectivity index (χ4n) is 5.90. The average molecular weight is 709 g/mol. The molecule has 2 aliphatic heterocycles. The number of pyridine rings is 1. The van der Waals surface area contributed by atoms with Crippen LogP contribution < -0.4 is 37.6 Å². The topological polar surface area (TPSA) is 240 Å². The lowest BCUT2D eigenvalue weighted by Crippen LogP contribution is -2.56. The van der Waals surface area contributed by atoms with Gasteiger partial charge in [-0.1, -0.05) is 26.0 Å². The first-order valence-electron chi connectivity index (χ1n) is 17.4. The Balaban J connectivity index is 1.80. The van der Waals surface area contributed by atoms with Crippen LogP contribution in [0.15, 0.2) is 47.6 Å². The fourth-order valence-corrected chi connectivity index (χ4v) is 5.90. The third-order valence-electron chi connectivity index (χ3n) is 8.61. The third kappa shape index (κ3) is 13.6. The lowest BCUT2D eigenvalue weighted by Gasteiger charge is -2.29. The molecule has 3 heterocycles. The minimum Gasteiger partial charge on any atom is -0.494 e. The molecular formula is C36H52N8O7. The SMILES string of the molecule is Cc1ccc(C(=O)CCCNC(=O)[C@H](CCCN=C(N)N)NC(=O)[C@@H]2Cc3ccc(cc3)OCCC[C@H](C(=O)NO)[C@@H](CC(C)C)C(=O)N2)cn1. The van der Waals surface area contributed by atoms with Crippen LogP contribution in [0.5, 0.6) is 5.75 Å². The molecule has 0 unspecified atom stereocenters. The normalized spacial score (nSPS) is 18.4. The number of aliphatic imine (C=N–C) groups is 1. The van der Waals surface area contributed by atoms with Crippen molar-refractivity contribution in [3.05, 3.63) is 59.4 Å². The van der Waals surface area contributed by atoms with Crippen molar-refractivity contribution < 1.29 is 33.9 Å². The molecule has 4 atom stereocenters. The molecule has 9 N–H and O–H groups in total. The first kappa shape index (κ1) is 40.4. The Labute approximate surface area is 298 Å². The monoisotopic (exact) mass is 708 g/mol. The van der Waals surface area contributed by atoms with Gasteiger partial charge in [0.1, 0.15) is 17.8 Å². The minimum absolute atomic E-state index is 0.0195. The number of carbonyl (C=O) groups excluding carboxylic acids is 5. The van der Waals surface area contributed by atoms with Gasteiger partial charge in [-0.2, -0.15) is 0 Å². The molecule has 2 bridgehead atoms. The van der Waals surface area contributed by atoms with Gasteiger partial charge in [-0.3, -0.25) is 39.2 Å². The molecule has 0 radical (unpaired) electrons. The summed E-state index contributed by atoms with van der Waals surface area (Å²) in [6, 6.07) is 8.47. The van der Waals surface area contributed by atoms with Gasteiger partial charge in [0.15, 0.2) is 11.7 Å². The molecule has 2 aliphatic rings. The molecule has 4 amide bonds. The number of hydrogen-bond donors (Lipinski definition) is 7. The molecule has 0 aliphatic carbocycles. The summed E-state index contributed by atoms with van der Waals surface area (Å²) >= 11 is 0. The number of aryl methyl sites for hydroxylation is 1. The minimum atomic E-state index is -1.12. The Bertz CT molecular complexity index is 1490. The quantitative estimate of drug-likeness (QED) is 0.0353. The third-order valence-corrected chi connectivity index (χ3v) is 8.61. The van der Waals surface area contributed by atoms with Crippen LogP contribution in [0.2, 0.25) is 0 Å². The summed E-state index contributed by atoms with van der Waals surface area (Å²) < 4.78 is 5.84. The second-order valence-electron chi connectivity index (χ2n) is 13.2. The number of carbonyl (C=O) groups is 5. The van der Waals surface area contributed by atoms with Crippen molar-refractivity contribution in [3.63, 3.8) is 0 Å².